The van der Waals surface area contributed by atoms with Crippen molar-refractivity contribution in [3.63, 3.8) is 0 Å². The minimum Gasteiger partial charge on any atom is -0.384 e. The van der Waals surface area contributed by atoms with Gasteiger partial charge in [-0.05, 0) is 53.4 Å². The van der Waals surface area contributed by atoms with E-state index >= 15 is 0 Å². The second-order valence-electron chi connectivity index (χ2n) is 5.12. The number of methoxy groups -OCH3 is 1. The Morgan fingerprint density at radius 2 is 2.21 bits per heavy atom. The van der Waals surface area contributed by atoms with Gasteiger partial charge in [-0.2, -0.15) is 0 Å². The van der Waals surface area contributed by atoms with Crippen molar-refractivity contribution in [2.75, 3.05) is 20.3 Å². The molecule has 1 heterocycles. The van der Waals surface area contributed by atoms with Crippen molar-refractivity contribution >= 4 is 15.9 Å². The molecule has 0 aliphatic carbocycles. The monoisotopic (exact) mass is 328 g/mol. The molecule has 3 nitrogen and oxygen atoms in total. The Bertz CT molecular complexity index is 343. The van der Waals surface area contributed by atoms with Gasteiger partial charge in [0.15, 0.2) is 0 Å². The van der Waals surface area contributed by atoms with Crippen LogP contribution in [0.5, 0.6) is 0 Å². The number of rotatable bonds is 9. The molecule has 0 amide bonds. The number of nitrogens with zero attached hydrogens (tertiary/aromatic N) is 1. The molecule has 2 atom stereocenters. The third-order valence-corrected chi connectivity index (χ3v) is 3.53. The molecular formula is C15H25BrN2O. The fourth-order valence-corrected chi connectivity index (χ4v) is 2.44. The Labute approximate surface area is 125 Å². The quantitative estimate of drug-likeness (QED) is 0.754. The minimum absolute atomic E-state index is 0.471. The fourth-order valence-electron chi connectivity index (χ4n) is 2.21. The normalized spacial score (nSPS) is 14.3. The van der Waals surface area contributed by atoms with Crippen LogP contribution in [-0.2, 0) is 11.2 Å². The van der Waals surface area contributed by atoms with Crippen LogP contribution >= 0.6 is 15.9 Å². The number of ether oxygens (including phenoxy) is 1. The molecule has 0 saturated heterocycles. The van der Waals surface area contributed by atoms with E-state index in [0.717, 1.165) is 42.6 Å². The lowest BCUT2D eigenvalue weighted by molar-refractivity contribution is 0.149. The van der Waals surface area contributed by atoms with E-state index < -0.39 is 0 Å². The van der Waals surface area contributed by atoms with Crippen molar-refractivity contribution in [1.29, 1.82) is 0 Å². The Kier molecular flexibility index (Phi) is 8.26. The van der Waals surface area contributed by atoms with Crippen molar-refractivity contribution in [2.24, 2.45) is 5.92 Å². The third-order valence-electron chi connectivity index (χ3n) is 3.07. The maximum atomic E-state index is 5.23. The minimum atomic E-state index is 0.471. The lowest BCUT2D eigenvalue weighted by Gasteiger charge is -2.21. The average molecular weight is 329 g/mol. The summed E-state index contributed by atoms with van der Waals surface area (Å²) in [5, 5.41) is 3.61. The van der Waals surface area contributed by atoms with Gasteiger partial charge >= 0.3 is 0 Å². The van der Waals surface area contributed by atoms with Gasteiger partial charge in [0.05, 0.1) is 0 Å². The van der Waals surface area contributed by atoms with E-state index in [9.17, 15) is 0 Å². The SMILES string of the molecule is CCCNC(Cc1ccc(Br)cn1)CC(C)COC. The van der Waals surface area contributed by atoms with E-state index in [0.29, 0.717) is 12.0 Å². The van der Waals surface area contributed by atoms with Crippen molar-refractivity contribution in [3.05, 3.63) is 28.5 Å². The molecule has 0 bridgehead atoms. The van der Waals surface area contributed by atoms with Crippen LogP contribution in [-0.4, -0.2) is 31.3 Å². The summed E-state index contributed by atoms with van der Waals surface area (Å²) < 4.78 is 6.26. The molecule has 1 aromatic rings. The molecule has 0 aromatic carbocycles. The Balaban J connectivity index is 2.54. The summed E-state index contributed by atoms with van der Waals surface area (Å²) in [6.07, 6.45) is 5.11. The van der Waals surface area contributed by atoms with Crippen molar-refractivity contribution in [2.45, 2.75) is 39.2 Å². The van der Waals surface area contributed by atoms with E-state index in [1.807, 2.05) is 6.20 Å². The van der Waals surface area contributed by atoms with E-state index in [1.165, 1.54) is 0 Å². The van der Waals surface area contributed by atoms with Crippen LogP contribution in [0.2, 0.25) is 0 Å². The average Bonchev–Trinajstić information content (AvgIpc) is 2.39. The van der Waals surface area contributed by atoms with Gasteiger partial charge in [-0.15, -0.1) is 0 Å². The first-order chi connectivity index (χ1) is 9.15. The first-order valence-electron chi connectivity index (χ1n) is 6.98. The van der Waals surface area contributed by atoms with Crippen LogP contribution in [0.3, 0.4) is 0 Å². The van der Waals surface area contributed by atoms with Gasteiger partial charge in [0, 0.05) is 42.5 Å². The third kappa shape index (κ3) is 7.04. The molecule has 4 heteroatoms. The summed E-state index contributed by atoms with van der Waals surface area (Å²) in [6.45, 7) is 6.30. The van der Waals surface area contributed by atoms with Crippen LogP contribution < -0.4 is 5.32 Å². The Morgan fingerprint density at radius 1 is 1.42 bits per heavy atom. The molecule has 2 unspecified atom stereocenters. The molecule has 0 spiro atoms. The van der Waals surface area contributed by atoms with Gasteiger partial charge in [-0.1, -0.05) is 13.8 Å². The highest BCUT2D eigenvalue weighted by Crippen LogP contribution is 2.13. The van der Waals surface area contributed by atoms with Gasteiger partial charge in [0.2, 0.25) is 0 Å². The van der Waals surface area contributed by atoms with Gasteiger partial charge in [0.25, 0.3) is 0 Å². The van der Waals surface area contributed by atoms with Gasteiger partial charge < -0.3 is 10.1 Å². The van der Waals surface area contributed by atoms with Crippen molar-refractivity contribution in [1.82, 2.24) is 10.3 Å². The molecule has 108 valence electrons. The van der Waals surface area contributed by atoms with Crippen LogP contribution in [0.1, 0.15) is 32.4 Å². The zero-order chi connectivity index (χ0) is 14.1. The van der Waals surface area contributed by atoms with Crippen LogP contribution in [0.15, 0.2) is 22.8 Å². The molecule has 0 aliphatic rings. The summed E-state index contributed by atoms with van der Waals surface area (Å²) in [7, 11) is 1.77. The van der Waals surface area contributed by atoms with E-state index in [1.54, 1.807) is 7.11 Å². The summed E-state index contributed by atoms with van der Waals surface area (Å²) in [6, 6.07) is 4.61. The largest absolute Gasteiger partial charge is 0.384 e. The fraction of sp³-hybridized carbons (Fsp3) is 0.667. The molecule has 0 radical (unpaired) electrons. The highest BCUT2D eigenvalue weighted by Gasteiger charge is 2.14. The standard InChI is InChI=1S/C15H25BrN2O/c1-4-7-17-15(8-12(2)11-19-3)9-14-6-5-13(16)10-18-14/h5-6,10,12,15,17H,4,7-9,11H2,1-3H3. The van der Waals surface area contributed by atoms with E-state index in [4.69, 9.17) is 4.74 Å². The maximum Gasteiger partial charge on any atom is 0.0488 e. The lowest BCUT2D eigenvalue weighted by atomic mass is 9.98. The molecule has 0 aliphatic heterocycles. The Hall–Kier alpha value is -0.450. The molecule has 0 fully saturated rings. The second-order valence-corrected chi connectivity index (χ2v) is 6.03. The number of pyridine rings is 1. The summed E-state index contributed by atoms with van der Waals surface area (Å²) in [4.78, 5) is 4.46. The maximum absolute atomic E-state index is 5.23. The summed E-state index contributed by atoms with van der Waals surface area (Å²) in [5.74, 6) is 0.565. The molecule has 19 heavy (non-hydrogen) atoms. The molecule has 1 N–H and O–H groups in total. The highest BCUT2D eigenvalue weighted by molar-refractivity contribution is 9.10. The van der Waals surface area contributed by atoms with Crippen LogP contribution in [0, 0.1) is 5.92 Å². The van der Waals surface area contributed by atoms with E-state index in [-0.39, 0.29) is 0 Å². The summed E-state index contributed by atoms with van der Waals surface area (Å²) >= 11 is 3.42. The van der Waals surface area contributed by atoms with Crippen molar-refractivity contribution < 1.29 is 4.74 Å². The first kappa shape index (κ1) is 16.6. The smallest absolute Gasteiger partial charge is 0.0488 e. The molecule has 1 aromatic heterocycles. The van der Waals surface area contributed by atoms with Gasteiger partial charge in [0.1, 0.15) is 0 Å². The molecule has 1 rings (SSSR count). The molecular weight excluding hydrogens is 304 g/mol. The van der Waals surface area contributed by atoms with Crippen molar-refractivity contribution in [3.8, 4) is 0 Å². The van der Waals surface area contributed by atoms with E-state index in [2.05, 4.69) is 52.2 Å². The number of aromatic nitrogens is 1. The molecule has 0 saturated carbocycles. The topological polar surface area (TPSA) is 34.2 Å². The highest BCUT2D eigenvalue weighted by atomic mass is 79.9. The van der Waals surface area contributed by atoms with Gasteiger partial charge in [-0.3, -0.25) is 4.98 Å². The number of hydrogen-bond acceptors (Lipinski definition) is 3. The first-order valence-corrected chi connectivity index (χ1v) is 7.77. The zero-order valence-electron chi connectivity index (χ0n) is 12.2. The van der Waals surface area contributed by atoms with Gasteiger partial charge in [-0.25, -0.2) is 0 Å². The summed E-state index contributed by atoms with van der Waals surface area (Å²) in [5.41, 5.74) is 1.14. The predicted octanol–water partition coefficient (Wildman–Crippen LogP) is 3.43. The van der Waals surface area contributed by atoms with Crippen LogP contribution in [0.4, 0.5) is 0 Å². The Morgan fingerprint density at radius 3 is 2.79 bits per heavy atom. The lowest BCUT2D eigenvalue weighted by Crippen LogP contribution is -2.34. The number of nitrogens with one attached hydrogen (secondary N) is 1. The number of hydrogen-bond donors (Lipinski definition) is 1. The van der Waals surface area contributed by atoms with Crippen LogP contribution in [0.25, 0.3) is 0 Å². The second kappa shape index (κ2) is 9.45. The number of halogens is 1. The predicted molar refractivity (Wildman–Crippen MR) is 83.4 cm³/mol. The zero-order valence-corrected chi connectivity index (χ0v) is 13.7.